The molecule has 0 bridgehead atoms. The maximum absolute atomic E-state index is 12.6. The summed E-state index contributed by atoms with van der Waals surface area (Å²) in [6.07, 6.45) is 0.800. The summed E-state index contributed by atoms with van der Waals surface area (Å²) >= 11 is 0. The lowest BCUT2D eigenvalue weighted by Crippen LogP contribution is -2.24. The molecule has 0 amide bonds. The minimum absolute atomic E-state index is 0.194. The van der Waals surface area contributed by atoms with Gasteiger partial charge in [0, 0.05) is 32.1 Å². The number of aryl methyl sites for hydroxylation is 1. The molecule has 0 radical (unpaired) electrons. The number of nitrogens with zero attached hydrogens (tertiary/aromatic N) is 2. The van der Waals surface area contributed by atoms with Crippen molar-refractivity contribution in [2.24, 2.45) is 7.05 Å². The van der Waals surface area contributed by atoms with Gasteiger partial charge in [0.15, 0.2) is 0 Å². The minimum Gasteiger partial charge on any atom is -0.494 e. The third-order valence-electron chi connectivity index (χ3n) is 3.74. The van der Waals surface area contributed by atoms with Crippen LogP contribution in [0.4, 0.5) is 5.82 Å². The molecule has 7 nitrogen and oxygen atoms in total. The van der Waals surface area contributed by atoms with E-state index in [-0.39, 0.29) is 4.90 Å². The van der Waals surface area contributed by atoms with Gasteiger partial charge in [0.25, 0.3) is 10.0 Å². The third kappa shape index (κ3) is 3.18. The molecule has 23 heavy (non-hydrogen) atoms. The van der Waals surface area contributed by atoms with Gasteiger partial charge in [0.1, 0.15) is 11.6 Å². The van der Waals surface area contributed by atoms with E-state index in [1.54, 1.807) is 23.9 Å². The van der Waals surface area contributed by atoms with Gasteiger partial charge < -0.3 is 10.1 Å². The predicted octanol–water partition coefficient (Wildman–Crippen LogP) is 1.27. The van der Waals surface area contributed by atoms with Gasteiger partial charge in [0.2, 0.25) is 0 Å². The quantitative estimate of drug-likeness (QED) is 0.859. The van der Waals surface area contributed by atoms with E-state index in [2.05, 4.69) is 15.1 Å². The normalized spacial score (nSPS) is 14.3. The average molecular weight is 336 g/mol. The first-order chi connectivity index (χ1) is 11.0. The van der Waals surface area contributed by atoms with E-state index in [0.717, 1.165) is 24.2 Å². The van der Waals surface area contributed by atoms with E-state index < -0.39 is 10.0 Å². The lowest BCUT2D eigenvalue weighted by Gasteiger charge is -2.14. The number of sulfonamides is 1. The van der Waals surface area contributed by atoms with Crippen molar-refractivity contribution >= 4 is 15.8 Å². The van der Waals surface area contributed by atoms with Crippen LogP contribution in [0.15, 0.2) is 29.2 Å². The van der Waals surface area contributed by atoms with Crippen LogP contribution in [0.5, 0.6) is 5.75 Å². The molecule has 1 aliphatic heterocycles. The molecule has 1 aliphatic rings. The van der Waals surface area contributed by atoms with Crippen LogP contribution in [0.3, 0.4) is 0 Å². The summed E-state index contributed by atoms with van der Waals surface area (Å²) in [4.78, 5) is 0.194. The molecule has 0 spiro atoms. The maximum Gasteiger partial charge on any atom is 0.263 e. The van der Waals surface area contributed by atoms with Gasteiger partial charge in [-0.1, -0.05) is 0 Å². The van der Waals surface area contributed by atoms with Crippen LogP contribution < -0.4 is 14.8 Å². The standard InChI is InChI=1S/C15H20N4O3S/c1-3-22-11-4-6-12(7-5-11)23(20,21)18-15-13-10-16-9-8-14(13)17-19(15)2/h4-7,16,18H,3,8-10H2,1-2H3. The maximum atomic E-state index is 12.6. The molecule has 3 rings (SSSR count). The van der Waals surface area contributed by atoms with Gasteiger partial charge in [-0.15, -0.1) is 0 Å². The Morgan fingerprint density at radius 3 is 2.78 bits per heavy atom. The highest BCUT2D eigenvalue weighted by atomic mass is 32.2. The highest BCUT2D eigenvalue weighted by Gasteiger charge is 2.23. The van der Waals surface area contributed by atoms with Crippen molar-refractivity contribution in [2.75, 3.05) is 17.9 Å². The average Bonchev–Trinajstić information content (AvgIpc) is 2.84. The largest absolute Gasteiger partial charge is 0.494 e. The van der Waals surface area contributed by atoms with E-state index in [9.17, 15) is 8.42 Å². The molecule has 2 aromatic rings. The minimum atomic E-state index is -3.67. The van der Waals surface area contributed by atoms with Crippen molar-refractivity contribution in [3.63, 3.8) is 0 Å². The van der Waals surface area contributed by atoms with Crippen LogP contribution in [0.1, 0.15) is 18.2 Å². The molecule has 0 saturated heterocycles. The summed E-state index contributed by atoms with van der Waals surface area (Å²) in [5.74, 6) is 1.16. The summed E-state index contributed by atoms with van der Waals surface area (Å²) in [6.45, 7) is 3.89. The number of hydrogen-bond acceptors (Lipinski definition) is 5. The number of anilines is 1. The lowest BCUT2D eigenvalue weighted by molar-refractivity contribution is 0.340. The van der Waals surface area contributed by atoms with Crippen molar-refractivity contribution in [1.29, 1.82) is 0 Å². The number of nitrogens with one attached hydrogen (secondary N) is 2. The number of benzene rings is 1. The van der Waals surface area contributed by atoms with Crippen LogP contribution in [0.25, 0.3) is 0 Å². The zero-order valence-corrected chi connectivity index (χ0v) is 14.0. The van der Waals surface area contributed by atoms with Gasteiger partial charge in [-0.25, -0.2) is 8.42 Å². The Kier molecular flexibility index (Phi) is 4.27. The molecule has 0 unspecified atom stereocenters. The number of hydrogen-bond donors (Lipinski definition) is 2. The second kappa shape index (κ2) is 6.21. The topological polar surface area (TPSA) is 85.2 Å². The molecule has 0 fully saturated rings. The Hall–Kier alpha value is -2.06. The van der Waals surface area contributed by atoms with E-state index in [1.807, 2.05) is 6.92 Å². The molecular weight excluding hydrogens is 316 g/mol. The third-order valence-corrected chi connectivity index (χ3v) is 5.10. The molecule has 0 aliphatic carbocycles. The zero-order chi connectivity index (χ0) is 16.4. The molecular formula is C15H20N4O3S. The van der Waals surface area contributed by atoms with Crippen molar-refractivity contribution in [3.8, 4) is 5.75 Å². The van der Waals surface area contributed by atoms with Crippen molar-refractivity contribution in [2.45, 2.75) is 24.8 Å². The van der Waals surface area contributed by atoms with Gasteiger partial charge in [-0.2, -0.15) is 5.10 Å². The van der Waals surface area contributed by atoms with Crippen LogP contribution in [-0.2, 0) is 30.0 Å². The van der Waals surface area contributed by atoms with E-state index in [4.69, 9.17) is 4.74 Å². The number of fused-ring (bicyclic) bond motifs is 1. The molecule has 2 N–H and O–H groups in total. The smallest absolute Gasteiger partial charge is 0.263 e. The van der Waals surface area contributed by atoms with Crippen LogP contribution in [-0.4, -0.2) is 31.3 Å². The van der Waals surface area contributed by atoms with Crippen molar-refractivity contribution in [3.05, 3.63) is 35.5 Å². The van der Waals surface area contributed by atoms with Crippen LogP contribution in [0, 0.1) is 0 Å². The molecule has 0 atom stereocenters. The Morgan fingerprint density at radius 2 is 2.09 bits per heavy atom. The molecule has 0 saturated carbocycles. The fourth-order valence-corrected chi connectivity index (χ4v) is 3.75. The monoisotopic (exact) mass is 336 g/mol. The Morgan fingerprint density at radius 1 is 1.35 bits per heavy atom. The second-order valence-corrected chi connectivity index (χ2v) is 7.02. The Labute approximate surface area is 135 Å². The van der Waals surface area contributed by atoms with Crippen molar-refractivity contribution < 1.29 is 13.2 Å². The fourth-order valence-electron chi connectivity index (χ4n) is 2.63. The molecule has 1 aromatic heterocycles. The van der Waals surface area contributed by atoms with Gasteiger partial charge in [0.05, 0.1) is 17.2 Å². The SMILES string of the molecule is CCOc1ccc(S(=O)(=O)Nc2c3c(nn2C)CCNC3)cc1. The highest BCUT2D eigenvalue weighted by Crippen LogP contribution is 2.25. The molecule has 2 heterocycles. The van der Waals surface area contributed by atoms with E-state index >= 15 is 0 Å². The van der Waals surface area contributed by atoms with E-state index in [0.29, 0.717) is 24.7 Å². The summed E-state index contributed by atoms with van der Waals surface area (Å²) in [6, 6.07) is 6.37. The Bertz CT molecular complexity index is 797. The van der Waals surface area contributed by atoms with Gasteiger partial charge in [-0.3, -0.25) is 9.40 Å². The summed E-state index contributed by atoms with van der Waals surface area (Å²) < 4.78 is 34.8. The fraction of sp³-hybridized carbons (Fsp3) is 0.400. The second-order valence-electron chi connectivity index (χ2n) is 5.33. The molecule has 8 heteroatoms. The number of ether oxygens (including phenoxy) is 1. The molecule has 124 valence electrons. The van der Waals surface area contributed by atoms with E-state index in [1.165, 1.54) is 12.1 Å². The van der Waals surface area contributed by atoms with Crippen molar-refractivity contribution in [1.82, 2.24) is 15.1 Å². The number of rotatable bonds is 5. The summed E-state index contributed by atoms with van der Waals surface area (Å²) in [5.41, 5.74) is 1.85. The first-order valence-corrected chi connectivity index (χ1v) is 9.00. The zero-order valence-electron chi connectivity index (χ0n) is 13.2. The Balaban J connectivity index is 1.88. The predicted molar refractivity (Wildman–Crippen MR) is 87.0 cm³/mol. The molecule has 1 aromatic carbocycles. The first kappa shape index (κ1) is 15.8. The number of aromatic nitrogens is 2. The summed E-state index contributed by atoms with van der Waals surface area (Å²) in [7, 11) is -1.92. The van der Waals surface area contributed by atoms with Gasteiger partial charge >= 0.3 is 0 Å². The highest BCUT2D eigenvalue weighted by molar-refractivity contribution is 7.92. The van der Waals surface area contributed by atoms with Crippen LogP contribution in [0.2, 0.25) is 0 Å². The first-order valence-electron chi connectivity index (χ1n) is 7.52. The van der Waals surface area contributed by atoms with Gasteiger partial charge in [-0.05, 0) is 31.2 Å². The summed E-state index contributed by atoms with van der Waals surface area (Å²) in [5, 5.41) is 7.63. The van der Waals surface area contributed by atoms with Crippen LogP contribution >= 0.6 is 0 Å². The lowest BCUT2D eigenvalue weighted by atomic mass is 10.1.